The third kappa shape index (κ3) is 5.02. The summed E-state index contributed by atoms with van der Waals surface area (Å²) in [4.78, 5) is 11.9. The summed E-state index contributed by atoms with van der Waals surface area (Å²) in [5.74, 6) is 1.39. The fraction of sp³-hybridized carbons (Fsp3) is 0.519. The fourth-order valence-corrected chi connectivity index (χ4v) is 6.89. The van der Waals surface area contributed by atoms with Gasteiger partial charge in [-0.2, -0.15) is 18.4 Å². The van der Waals surface area contributed by atoms with Crippen LogP contribution in [0, 0.1) is 22.7 Å². The van der Waals surface area contributed by atoms with E-state index in [-0.39, 0.29) is 10.3 Å². The molecule has 1 aliphatic carbocycles. The van der Waals surface area contributed by atoms with Crippen LogP contribution in [0.1, 0.15) is 55.5 Å². The van der Waals surface area contributed by atoms with Gasteiger partial charge in [-0.3, -0.25) is 0 Å². The number of fused-ring (bicyclic) bond motifs is 1. The minimum absolute atomic E-state index is 0.246. The Morgan fingerprint density at radius 1 is 1.17 bits per heavy atom. The minimum Gasteiger partial charge on any atom is -0.355 e. The molecule has 2 fully saturated rings. The van der Waals surface area contributed by atoms with Gasteiger partial charge in [0.1, 0.15) is 17.0 Å². The Morgan fingerprint density at radius 2 is 1.94 bits per heavy atom. The van der Waals surface area contributed by atoms with Crippen LogP contribution >= 0.6 is 11.3 Å². The van der Waals surface area contributed by atoms with Crippen molar-refractivity contribution >= 4 is 27.4 Å². The van der Waals surface area contributed by atoms with Crippen molar-refractivity contribution in [3.05, 3.63) is 52.7 Å². The van der Waals surface area contributed by atoms with Crippen LogP contribution in [-0.4, -0.2) is 29.2 Å². The smallest absolute Gasteiger partial charge is 0.355 e. The molecule has 3 heterocycles. The molecule has 2 aliphatic rings. The van der Waals surface area contributed by atoms with Crippen LogP contribution < -0.4 is 4.90 Å². The van der Waals surface area contributed by atoms with E-state index >= 15 is 0 Å². The zero-order valence-corrected chi connectivity index (χ0v) is 20.8. The van der Waals surface area contributed by atoms with Gasteiger partial charge < -0.3 is 4.90 Å². The highest BCUT2D eigenvalue weighted by Crippen LogP contribution is 2.50. The molecule has 1 aliphatic heterocycles. The van der Waals surface area contributed by atoms with Crippen molar-refractivity contribution in [2.75, 3.05) is 18.0 Å². The summed E-state index contributed by atoms with van der Waals surface area (Å²) in [6.07, 6.45) is 1.97. The summed E-state index contributed by atoms with van der Waals surface area (Å²) < 4.78 is 38.7. The second kappa shape index (κ2) is 8.77. The normalized spacial score (nSPS) is 22.9. The lowest BCUT2D eigenvalue weighted by Crippen LogP contribution is -2.26. The van der Waals surface area contributed by atoms with Crippen LogP contribution in [0.25, 0.3) is 10.2 Å². The van der Waals surface area contributed by atoms with Gasteiger partial charge in [-0.25, -0.2) is 9.97 Å². The molecule has 4 nitrogen and oxygen atoms in total. The lowest BCUT2D eigenvalue weighted by atomic mass is 9.83. The second-order valence-electron chi connectivity index (χ2n) is 10.8. The van der Waals surface area contributed by atoms with Gasteiger partial charge in [0, 0.05) is 18.0 Å². The maximum Gasteiger partial charge on any atom is 0.393 e. The molecule has 3 aromatic rings. The topological polar surface area (TPSA) is 52.8 Å². The van der Waals surface area contributed by atoms with Gasteiger partial charge in [0.05, 0.1) is 23.3 Å². The quantitative estimate of drug-likeness (QED) is 0.387. The SMILES string of the molecule is CC(C)(C#N)c1ccc(CC2CCC3(CCN(c4ncnc5sc(CC(F)(F)F)cc45)C3)C2)cc1. The van der Waals surface area contributed by atoms with Crippen molar-refractivity contribution < 1.29 is 13.2 Å². The zero-order valence-electron chi connectivity index (χ0n) is 20.0. The standard InChI is InChI=1S/C27H29F3N4S/c1-25(2,15-31)20-5-3-18(4-6-20)11-19-7-8-26(13-19)9-10-34(16-26)23-22-12-21(14-27(28,29)30)35-24(22)33-17-32-23/h3-6,12,17,19H,7-11,13-14,16H2,1-2H3. The van der Waals surface area contributed by atoms with Gasteiger partial charge in [-0.1, -0.05) is 24.3 Å². The highest BCUT2D eigenvalue weighted by Gasteiger charge is 2.44. The Morgan fingerprint density at radius 3 is 2.66 bits per heavy atom. The molecule has 1 saturated carbocycles. The first-order chi connectivity index (χ1) is 16.6. The first-order valence-electron chi connectivity index (χ1n) is 12.1. The van der Waals surface area contributed by atoms with Crippen molar-refractivity contribution in [3.8, 4) is 6.07 Å². The molecule has 0 amide bonds. The summed E-state index contributed by atoms with van der Waals surface area (Å²) in [7, 11) is 0. The summed E-state index contributed by atoms with van der Waals surface area (Å²) in [5, 5.41) is 10.1. The maximum atomic E-state index is 12.9. The first-order valence-corrected chi connectivity index (χ1v) is 12.9. The zero-order chi connectivity index (χ0) is 24.8. The molecule has 2 atom stereocenters. The third-order valence-electron chi connectivity index (χ3n) is 7.76. The second-order valence-corrected chi connectivity index (χ2v) is 12.0. The van der Waals surface area contributed by atoms with Crippen LogP contribution in [0.5, 0.6) is 0 Å². The number of nitrogens with zero attached hydrogens (tertiary/aromatic N) is 4. The van der Waals surface area contributed by atoms with Crippen LogP contribution in [0.15, 0.2) is 36.7 Å². The molecule has 1 saturated heterocycles. The van der Waals surface area contributed by atoms with Gasteiger partial charge in [-0.15, -0.1) is 11.3 Å². The molecule has 1 aromatic carbocycles. The van der Waals surface area contributed by atoms with E-state index in [4.69, 9.17) is 0 Å². The molecule has 1 spiro atoms. The van der Waals surface area contributed by atoms with Gasteiger partial charge in [0.15, 0.2) is 0 Å². The number of thiophene rings is 1. The molecule has 0 bridgehead atoms. The van der Waals surface area contributed by atoms with E-state index in [1.165, 1.54) is 24.7 Å². The highest BCUT2D eigenvalue weighted by atomic mass is 32.1. The Bertz CT molecular complexity index is 1260. The molecule has 5 rings (SSSR count). The van der Waals surface area contributed by atoms with Crippen LogP contribution in [0.3, 0.4) is 0 Å². The van der Waals surface area contributed by atoms with Crippen LogP contribution in [-0.2, 0) is 18.3 Å². The minimum atomic E-state index is -4.22. The Hall–Kier alpha value is -2.66. The molecule has 35 heavy (non-hydrogen) atoms. The van der Waals surface area contributed by atoms with E-state index in [1.54, 1.807) is 6.07 Å². The van der Waals surface area contributed by atoms with Gasteiger partial charge in [0.2, 0.25) is 0 Å². The predicted octanol–water partition coefficient (Wildman–Crippen LogP) is 6.84. The van der Waals surface area contributed by atoms with Crippen LogP contribution in [0.2, 0.25) is 0 Å². The van der Waals surface area contributed by atoms with E-state index in [0.29, 0.717) is 10.7 Å². The summed E-state index contributed by atoms with van der Waals surface area (Å²) >= 11 is 1.11. The van der Waals surface area contributed by atoms with Gasteiger partial charge in [-0.05, 0) is 74.5 Å². The Labute approximate surface area is 207 Å². The molecule has 0 radical (unpaired) electrons. The molecule has 2 unspecified atom stereocenters. The lowest BCUT2D eigenvalue weighted by molar-refractivity contribution is -0.126. The number of halogens is 3. The first kappa shape index (κ1) is 24.1. The highest BCUT2D eigenvalue weighted by molar-refractivity contribution is 7.18. The van der Waals surface area contributed by atoms with Crippen molar-refractivity contribution in [2.45, 2.75) is 64.0 Å². The lowest BCUT2D eigenvalue weighted by Gasteiger charge is -2.25. The van der Waals surface area contributed by atoms with E-state index in [2.05, 4.69) is 45.2 Å². The Balaban J connectivity index is 1.26. The summed E-state index contributed by atoms with van der Waals surface area (Å²) in [5.41, 5.74) is 2.12. The number of nitriles is 1. The fourth-order valence-electron chi connectivity index (χ4n) is 5.87. The molecular weight excluding hydrogens is 469 g/mol. The van der Waals surface area contributed by atoms with Crippen molar-refractivity contribution in [1.29, 1.82) is 5.26 Å². The predicted molar refractivity (Wildman–Crippen MR) is 133 cm³/mol. The van der Waals surface area contributed by atoms with Crippen molar-refractivity contribution in [2.24, 2.45) is 11.3 Å². The third-order valence-corrected chi connectivity index (χ3v) is 8.80. The largest absolute Gasteiger partial charge is 0.393 e. The van der Waals surface area contributed by atoms with E-state index in [1.807, 2.05) is 13.8 Å². The van der Waals surface area contributed by atoms with Gasteiger partial charge >= 0.3 is 6.18 Å². The number of aromatic nitrogens is 2. The number of hydrogen-bond donors (Lipinski definition) is 0. The van der Waals surface area contributed by atoms with Gasteiger partial charge in [0.25, 0.3) is 0 Å². The molecule has 184 valence electrons. The van der Waals surface area contributed by atoms with Crippen molar-refractivity contribution in [3.63, 3.8) is 0 Å². The monoisotopic (exact) mass is 498 g/mol. The average Bonchev–Trinajstić information content (AvgIpc) is 3.51. The van der Waals surface area contributed by atoms with E-state index < -0.39 is 18.0 Å². The molecular formula is C27H29F3N4S. The average molecular weight is 499 g/mol. The molecule has 8 heteroatoms. The number of benzene rings is 1. The van der Waals surface area contributed by atoms with E-state index in [0.717, 1.165) is 60.5 Å². The van der Waals surface area contributed by atoms with Crippen LogP contribution in [0.4, 0.5) is 19.0 Å². The molecule has 0 N–H and O–H groups in total. The van der Waals surface area contributed by atoms with E-state index in [9.17, 15) is 18.4 Å². The number of alkyl halides is 3. The summed E-state index contributed by atoms with van der Waals surface area (Å²) in [6, 6.07) is 12.5. The number of hydrogen-bond acceptors (Lipinski definition) is 5. The van der Waals surface area contributed by atoms with Crippen molar-refractivity contribution in [1.82, 2.24) is 9.97 Å². The number of anilines is 1. The maximum absolute atomic E-state index is 12.9. The Kier molecular flexibility index (Phi) is 6.03. The summed E-state index contributed by atoms with van der Waals surface area (Å²) in [6.45, 7) is 5.65. The number of rotatable bonds is 5. The molecule has 2 aromatic heterocycles.